The Morgan fingerprint density at radius 1 is 0.744 bits per heavy atom. The lowest BCUT2D eigenvalue weighted by atomic mass is 9.89. The lowest BCUT2D eigenvalue weighted by Gasteiger charge is -2.15. The van der Waals surface area contributed by atoms with E-state index in [-0.39, 0.29) is 0 Å². The summed E-state index contributed by atoms with van der Waals surface area (Å²) in [7, 11) is -1.24. The van der Waals surface area contributed by atoms with Crippen LogP contribution in [0.4, 0.5) is 4.32 Å². The minimum atomic E-state index is -1.24. The second-order valence-corrected chi connectivity index (χ2v) is 12.0. The molecule has 0 atom stereocenters. The summed E-state index contributed by atoms with van der Waals surface area (Å²) in [4.78, 5) is 4.84. The highest BCUT2D eigenvalue weighted by molar-refractivity contribution is 6.48. The Bertz CT molecular complexity index is 2050. The van der Waals surface area contributed by atoms with E-state index in [1.165, 1.54) is 50.1 Å². The first kappa shape index (κ1) is 30.0. The van der Waals surface area contributed by atoms with E-state index in [2.05, 4.69) is 103 Å². The largest absolute Gasteiger partial charge is 0.463 e. The van der Waals surface area contributed by atoms with Gasteiger partial charge >= 0.3 is 7.12 Å². The van der Waals surface area contributed by atoms with Crippen LogP contribution in [0.25, 0.3) is 45.8 Å². The maximum Gasteiger partial charge on any atom is 0.463 e. The van der Waals surface area contributed by atoms with Gasteiger partial charge in [-0.2, -0.15) is 0 Å². The van der Waals surface area contributed by atoms with Crippen LogP contribution < -0.4 is 15.9 Å². The van der Waals surface area contributed by atoms with Gasteiger partial charge in [-0.25, -0.2) is 4.99 Å². The number of halogens is 1. The third-order valence-corrected chi connectivity index (χ3v) is 8.17. The Morgan fingerprint density at radius 3 is 1.84 bits per heavy atom. The van der Waals surface area contributed by atoms with E-state index in [0.29, 0.717) is 5.49 Å². The average molecular weight is 567 g/mol. The van der Waals surface area contributed by atoms with E-state index < -0.39 is 7.12 Å². The average Bonchev–Trinajstić information content (AvgIpc) is 2.91. The third-order valence-electron chi connectivity index (χ3n) is 8.17. The second-order valence-electron chi connectivity index (χ2n) is 12.0. The van der Waals surface area contributed by atoms with E-state index in [1.54, 1.807) is 11.3 Å². The molecule has 0 saturated heterocycles. The SMILES string of the molecule is C=c1ccc(-c2c(C)cc(C)cc2C)c/c1=C/C=C(C)/N=c1/ccc2cc(-c3c(C)cc(C)cc3C)ccc2n1B(C)F. The molecule has 1 heterocycles. The van der Waals surface area contributed by atoms with Gasteiger partial charge in [0.15, 0.2) is 0 Å². The van der Waals surface area contributed by atoms with Crippen LogP contribution in [-0.4, -0.2) is 11.6 Å². The standard InChI is InChI=1S/C39H40BFN2/c1-24-18-27(4)38(28(5)19-24)34-12-10-26(3)32(22-34)13-11-31(8)42-37-17-15-33-23-35(14-16-36(33)43(37)40(9)41)39-29(6)20-25(2)21-30(39)7/h10-23H,3H2,1-2,4-9H3/b31-11+,32-13-,42-37-. The molecule has 0 unspecified atom stereocenters. The summed E-state index contributed by atoms with van der Waals surface area (Å²) in [5.41, 5.74) is 14.5. The summed E-state index contributed by atoms with van der Waals surface area (Å²) >= 11 is 0. The fourth-order valence-electron chi connectivity index (χ4n) is 6.50. The van der Waals surface area contributed by atoms with Crippen molar-refractivity contribution in [1.82, 2.24) is 4.48 Å². The summed E-state index contributed by atoms with van der Waals surface area (Å²) in [6.45, 7) is 20.6. The van der Waals surface area contributed by atoms with Crippen LogP contribution in [0, 0.1) is 41.5 Å². The van der Waals surface area contributed by atoms with Gasteiger partial charge in [0.05, 0.1) is 0 Å². The summed E-state index contributed by atoms with van der Waals surface area (Å²) < 4.78 is 16.8. The van der Waals surface area contributed by atoms with Crippen molar-refractivity contribution < 1.29 is 4.32 Å². The summed E-state index contributed by atoms with van der Waals surface area (Å²) in [6, 6.07) is 25.5. The van der Waals surface area contributed by atoms with Crippen LogP contribution in [0.3, 0.4) is 0 Å². The lowest BCUT2D eigenvalue weighted by Crippen LogP contribution is -2.30. The number of fused-ring (bicyclic) bond motifs is 1. The predicted octanol–water partition coefficient (Wildman–Crippen LogP) is 8.46. The number of aryl methyl sites for hydroxylation is 6. The molecular weight excluding hydrogens is 526 g/mol. The first-order valence-corrected chi connectivity index (χ1v) is 14.9. The van der Waals surface area contributed by atoms with E-state index in [0.717, 1.165) is 32.6 Å². The van der Waals surface area contributed by atoms with Crippen molar-refractivity contribution in [3.05, 3.63) is 134 Å². The highest BCUT2D eigenvalue weighted by Gasteiger charge is 2.15. The van der Waals surface area contributed by atoms with Crippen LogP contribution in [0.5, 0.6) is 0 Å². The molecule has 4 aromatic carbocycles. The highest BCUT2D eigenvalue weighted by Crippen LogP contribution is 2.31. The molecule has 4 heteroatoms. The number of hydrogen-bond acceptors (Lipinski definition) is 1. The van der Waals surface area contributed by atoms with Gasteiger partial charge in [0.1, 0.15) is 5.49 Å². The third kappa shape index (κ3) is 6.20. The quantitative estimate of drug-likeness (QED) is 0.190. The summed E-state index contributed by atoms with van der Waals surface area (Å²) in [6.07, 6.45) is 4.03. The van der Waals surface area contributed by atoms with Crippen LogP contribution in [-0.2, 0) is 0 Å². The van der Waals surface area contributed by atoms with E-state index in [4.69, 9.17) is 4.99 Å². The van der Waals surface area contributed by atoms with Crippen molar-refractivity contribution in [3.63, 3.8) is 0 Å². The minimum absolute atomic E-state index is 0.578. The van der Waals surface area contributed by atoms with Crippen LogP contribution >= 0.6 is 0 Å². The molecule has 5 aromatic rings. The molecule has 216 valence electrons. The zero-order valence-corrected chi connectivity index (χ0v) is 26.6. The van der Waals surface area contributed by atoms with Crippen molar-refractivity contribution in [2.24, 2.45) is 4.99 Å². The number of benzene rings is 4. The Morgan fingerprint density at radius 2 is 1.28 bits per heavy atom. The van der Waals surface area contributed by atoms with Gasteiger partial charge in [0.2, 0.25) is 0 Å². The summed E-state index contributed by atoms with van der Waals surface area (Å²) in [5.74, 6) is 0. The van der Waals surface area contributed by atoms with Gasteiger partial charge in [-0.1, -0.05) is 66.2 Å². The molecule has 0 N–H and O–H groups in total. The molecule has 0 aliphatic heterocycles. The Kier molecular flexibility index (Phi) is 8.42. The van der Waals surface area contributed by atoms with E-state index in [1.807, 2.05) is 37.3 Å². The molecular formula is C39H40BFN2. The predicted molar refractivity (Wildman–Crippen MR) is 184 cm³/mol. The molecule has 2 nitrogen and oxygen atoms in total. The van der Waals surface area contributed by atoms with Crippen LogP contribution in [0.15, 0.2) is 89.6 Å². The van der Waals surface area contributed by atoms with Crippen molar-refractivity contribution in [3.8, 4) is 22.3 Å². The Balaban J connectivity index is 1.57. The first-order chi connectivity index (χ1) is 20.4. The van der Waals surface area contributed by atoms with Gasteiger partial charge in [-0.3, -0.25) is 0 Å². The molecule has 0 aliphatic rings. The zero-order valence-electron chi connectivity index (χ0n) is 26.6. The van der Waals surface area contributed by atoms with Crippen LogP contribution in [0.1, 0.15) is 40.3 Å². The Hall–Kier alpha value is -4.44. The topological polar surface area (TPSA) is 17.3 Å². The van der Waals surface area contributed by atoms with Gasteiger partial charge < -0.3 is 8.79 Å². The van der Waals surface area contributed by atoms with Gasteiger partial charge in [0.25, 0.3) is 0 Å². The molecule has 0 saturated carbocycles. The molecule has 0 amide bonds. The number of hydrogen-bond donors (Lipinski definition) is 0. The molecule has 1 aromatic heterocycles. The number of allylic oxidation sites excluding steroid dienone is 2. The lowest BCUT2D eigenvalue weighted by molar-refractivity contribution is 0.791. The number of aromatic nitrogens is 1. The van der Waals surface area contributed by atoms with E-state index in [9.17, 15) is 0 Å². The number of nitrogens with zero attached hydrogens (tertiary/aromatic N) is 2. The fourth-order valence-corrected chi connectivity index (χ4v) is 6.50. The van der Waals surface area contributed by atoms with Gasteiger partial charge in [-0.05, 0) is 152 Å². The van der Waals surface area contributed by atoms with Crippen LogP contribution in [0.2, 0.25) is 6.82 Å². The molecule has 0 aliphatic carbocycles. The van der Waals surface area contributed by atoms with Crippen molar-refractivity contribution in [2.75, 3.05) is 0 Å². The van der Waals surface area contributed by atoms with Gasteiger partial charge in [0, 0.05) is 11.2 Å². The molecule has 5 rings (SSSR count). The van der Waals surface area contributed by atoms with Gasteiger partial charge in [-0.15, -0.1) is 0 Å². The smallest absolute Gasteiger partial charge is 0.341 e. The van der Waals surface area contributed by atoms with Crippen molar-refractivity contribution in [1.29, 1.82) is 0 Å². The molecule has 0 spiro atoms. The molecule has 43 heavy (non-hydrogen) atoms. The molecule has 0 radical (unpaired) electrons. The monoisotopic (exact) mass is 566 g/mol. The maximum absolute atomic E-state index is 15.1. The highest BCUT2D eigenvalue weighted by atomic mass is 19.1. The van der Waals surface area contributed by atoms with E-state index >= 15 is 4.32 Å². The molecule has 0 bridgehead atoms. The number of pyridine rings is 1. The maximum atomic E-state index is 15.1. The first-order valence-electron chi connectivity index (χ1n) is 14.9. The minimum Gasteiger partial charge on any atom is -0.341 e. The Labute approximate surface area is 255 Å². The van der Waals surface area contributed by atoms with Crippen molar-refractivity contribution in [2.45, 2.75) is 55.3 Å². The zero-order chi connectivity index (χ0) is 31.0. The fraction of sp³-hybridized carbons (Fsp3) is 0.205. The number of rotatable bonds is 5. The van der Waals surface area contributed by atoms with Crippen molar-refractivity contribution >= 4 is 30.7 Å². The normalized spacial score (nSPS) is 12.8. The summed E-state index contributed by atoms with van der Waals surface area (Å²) in [5, 5.41) is 2.96. The molecule has 0 fully saturated rings. The second kappa shape index (κ2) is 12.0.